The van der Waals surface area contributed by atoms with Gasteiger partial charge >= 0.3 is 6.09 Å². The van der Waals surface area contributed by atoms with Gasteiger partial charge in [0, 0.05) is 22.4 Å². The van der Waals surface area contributed by atoms with Crippen LogP contribution in [0.5, 0.6) is 5.75 Å². The number of carbonyl (C=O) groups excluding carboxylic acids is 1. The van der Waals surface area contributed by atoms with Crippen molar-refractivity contribution in [2.24, 2.45) is 5.92 Å². The van der Waals surface area contributed by atoms with Gasteiger partial charge in [-0.25, -0.2) is 4.79 Å². The lowest BCUT2D eigenvalue weighted by Gasteiger charge is -2.54. The number of halogens is 1. The van der Waals surface area contributed by atoms with Crippen LogP contribution in [0.25, 0.3) is 0 Å². The Morgan fingerprint density at radius 3 is 2.74 bits per heavy atom. The van der Waals surface area contributed by atoms with Crippen LogP contribution in [0, 0.1) is 5.92 Å². The molecule has 1 aromatic carbocycles. The molecule has 0 aliphatic carbocycles. The van der Waals surface area contributed by atoms with Gasteiger partial charge in [0.15, 0.2) is 0 Å². The summed E-state index contributed by atoms with van der Waals surface area (Å²) in [5.41, 5.74) is 0.621. The van der Waals surface area contributed by atoms with Gasteiger partial charge in [-0.1, -0.05) is 27.6 Å². The first-order valence-electron chi connectivity index (χ1n) is 12.2. The van der Waals surface area contributed by atoms with E-state index in [4.69, 9.17) is 14.2 Å². The molecule has 0 aromatic heterocycles. The third-order valence-electron chi connectivity index (χ3n) is 7.29. The second-order valence-electron chi connectivity index (χ2n) is 11.6. The second-order valence-corrected chi connectivity index (χ2v) is 12.5. The number of β-amino-alcohol motifs (C(OH)–C–C–N with tert-alkyl or cyclic N) is 1. The van der Waals surface area contributed by atoms with Crippen LogP contribution in [-0.4, -0.2) is 52.1 Å². The summed E-state index contributed by atoms with van der Waals surface area (Å²) in [5.74, 6) is 0.874. The van der Waals surface area contributed by atoms with Gasteiger partial charge in [0.2, 0.25) is 0 Å². The van der Waals surface area contributed by atoms with Crippen molar-refractivity contribution in [1.82, 2.24) is 4.90 Å². The summed E-state index contributed by atoms with van der Waals surface area (Å²) in [7, 11) is 0. The topological polar surface area (TPSA) is 68.2 Å². The van der Waals surface area contributed by atoms with E-state index in [1.54, 1.807) is 4.90 Å². The Labute approximate surface area is 211 Å². The fraction of sp³-hybridized carbons (Fsp3) is 0.667. The van der Waals surface area contributed by atoms with Gasteiger partial charge in [-0.05, 0) is 79.0 Å². The lowest BCUT2D eigenvalue weighted by molar-refractivity contribution is -0.170. The lowest BCUT2D eigenvalue weighted by Crippen LogP contribution is -2.60. The second kappa shape index (κ2) is 9.14. The molecule has 5 atom stereocenters. The number of likely N-dealkylation sites (tertiary alicyclic amines) is 1. The summed E-state index contributed by atoms with van der Waals surface area (Å²) in [5, 5.41) is 10.6. The zero-order valence-corrected chi connectivity index (χ0v) is 22.8. The van der Waals surface area contributed by atoms with E-state index < -0.39 is 28.9 Å². The molecule has 3 aliphatic heterocycles. The number of hydrogen-bond donors (Lipinski definition) is 1. The molecule has 0 saturated carbocycles. The van der Waals surface area contributed by atoms with Gasteiger partial charge in [0.05, 0.1) is 30.9 Å². The fourth-order valence-electron chi connectivity index (χ4n) is 5.76. The first-order chi connectivity index (χ1) is 15.8. The number of nitrogens with zero attached hydrogens (tertiary/aromatic N) is 1. The largest absolute Gasteiger partial charge is 0.487 e. The summed E-state index contributed by atoms with van der Waals surface area (Å²) in [6, 6.07) is 6.09. The van der Waals surface area contributed by atoms with Crippen LogP contribution in [-0.2, 0) is 9.47 Å². The first kappa shape index (κ1) is 25.5. The average molecular weight is 537 g/mol. The fourth-order valence-corrected chi connectivity index (χ4v) is 6.14. The molecule has 1 aromatic rings. The smallest absolute Gasteiger partial charge is 0.410 e. The maximum atomic E-state index is 13.2. The van der Waals surface area contributed by atoms with Crippen molar-refractivity contribution in [3.63, 3.8) is 0 Å². The van der Waals surface area contributed by atoms with Crippen molar-refractivity contribution in [2.45, 2.75) is 96.2 Å². The van der Waals surface area contributed by atoms with Gasteiger partial charge < -0.3 is 19.3 Å². The predicted molar refractivity (Wildman–Crippen MR) is 135 cm³/mol. The zero-order chi connectivity index (χ0) is 24.9. The van der Waals surface area contributed by atoms with Gasteiger partial charge in [0.25, 0.3) is 0 Å². The normalized spacial score (nSPS) is 32.6. The van der Waals surface area contributed by atoms with E-state index in [2.05, 4.69) is 48.8 Å². The van der Waals surface area contributed by atoms with E-state index in [1.807, 2.05) is 32.9 Å². The maximum Gasteiger partial charge on any atom is 0.410 e. The Bertz CT molecular complexity index is 968. The highest BCUT2D eigenvalue weighted by atomic mass is 79.9. The predicted octanol–water partition coefficient (Wildman–Crippen LogP) is 6.16. The highest BCUT2D eigenvalue weighted by Crippen LogP contribution is 2.55. The van der Waals surface area contributed by atoms with Crippen molar-refractivity contribution in [2.75, 3.05) is 13.2 Å². The number of carbonyl (C=O) groups is 1. The van der Waals surface area contributed by atoms with Crippen LogP contribution in [0.2, 0.25) is 0 Å². The molecule has 6 nitrogen and oxygen atoms in total. The van der Waals surface area contributed by atoms with Crippen molar-refractivity contribution < 1.29 is 24.1 Å². The monoisotopic (exact) mass is 535 g/mol. The number of ether oxygens (including phenoxy) is 3. The molecular formula is C27H38BrNO5. The van der Waals surface area contributed by atoms with Crippen molar-refractivity contribution in [3.05, 3.63) is 39.9 Å². The number of aliphatic hydroxyl groups excluding tert-OH is 1. The Balaban J connectivity index is 1.69. The van der Waals surface area contributed by atoms with Crippen LogP contribution in [0.4, 0.5) is 4.79 Å². The third-order valence-corrected chi connectivity index (χ3v) is 7.78. The highest BCUT2D eigenvalue weighted by Gasteiger charge is 2.59. The van der Waals surface area contributed by atoms with E-state index >= 15 is 0 Å². The minimum absolute atomic E-state index is 0.0175. The number of hydrogen-bond acceptors (Lipinski definition) is 5. The molecule has 3 aliphatic rings. The van der Waals surface area contributed by atoms with E-state index in [1.165, 1.54) is 5.57 Å². The number of aliphatic hydroxyl groups is 1. The minimum Gasteiger partial charge on any atom is -0.487 e. The lowest BCUT2D eigenvalue weighted by atomic mass is 9.68. The molecule has 3 heterocycles. The van der Waals surface area contributed by atoms with Crippen LogP contribution in [0.15, 0.2) is 34.3 Å². The Kier molecular flexibility index (Phi) is 6.86. The molecule has 1 spiro atoms. The average Bonchev–Trinajstić information content (AvgIpc) is 3.03. The summed E-state index contributed by atoms with van der Waals surface area (Å²) in [4.78, 5) is 14.9. The van der Waals surface area contributed by atoms with E-state index in [9.17, 15) is 9.90 Å². The number of allylic oxidation sites excluding steroid dienone is 2. The third kappa shape index (κ3) is 5.02. The molecule has 2 saturated heterocycles. The Morgan fingerprint density at radius 1 is 1.32 bits per heavy atom. The number of rotatable bonds is 3. The van der Waals surface area contributed by atoms with Crippen LogP contribution in [0.1, 0.15) is 78.9 Å². The SMILES string of the molecule is CC(C)=CCC[C@]1(C)Oc2ccc(Br)cc2[C@@H]2OCC3(C[C@@H](O)CN3C(=O)OC(C)(C)C)C[C@H]21. The van der Waals surface area contributed by atoms with Crippen LogP contribution >= 0.6 is 15.9 Å². The summed E-state index contributed by atoms with van der Waals surface area (Å²) >= 11 is 3.60. The van der Waals surface area contributed by atoms with Crippen molar-refractivity contribution in [3.8, 4) is 5.75 Å². The molecule has 0 bridgehead atoms. The molecule has 7 heteroatoms. The molecule has 0 radical (unpaired) electrons. The summed E-state index contributed by atoms with van der Waals surface area (Å²) in [6.07, 6.45) is 4.01. The first-order valence-corrected chi connectivity index (χ1v) is 13.0. The van der Waals surface area contributed by atoms with Crippen LogP contribution in [0.3, 0.4) is 0 Å². The molecule has 1 unspecified atom stereocenters. The summed E-state index contributed by atoms with van der Waals surface area (Å²) < 4.78 is 20.0. The Morgan fingerprint density at radius 2 is 2.06 bits per heavy atom. The van der Waals surface area contributed by atoms with Gasteiger partial charge in [-0.3, -0.25) is 4.90 Å². The van der Waals surface area contributed by atoms with Gasteiger partial charge in [-0.15, -0.1) is 0 Å². The van der Waals surface area contributed by atoms with E-state index in [-0.39, 0.29) is 18.6 Å². The molecule has 188 valence electrons. The van der Waals surface area contributed by atoms with Crippen molar-refractivity contribution >= 4 is 22.0 Å². The Hall–Kier alpha value is -1.57. The molecule has 4 rings (SSSR count). The molecular weight excluding hydrogens is 498 g/mol. The number of benzene rings is 1. The minimum atomic E-state index is -0.617. The number of fused-ring (bicyclic) bond motifs is 3. The number of amides is 1. The molecule has 2 fully saturated rings. The molecule has 1 amide bonds. The van der Waals surface area contributed by atoms with Crippen LogP contribution < -0.4 is 4.74 Å². The highest BCUT2D eigenvalue weighted by molar-refractivity contribution is 9.10. The standard InChI is InChI=1S/C27H38BrNO5/c1-17(2)8-7-11-26(6)21-14-27(13-19(30)15-29(27)24(31)34-25(3,4)5)16-32-23(21)20-12-18(28)9-10-22(20)33-26/h8-10,12,19,21,23,30H,7,11,13-16H2,1-6H3/t19-,21-,23+,26+,27?/m1/s1. The van der Waals surface area contributed by atoms with E-state index in [0.29, 0.717) is 19.4 Å². The van der Waals surface area contributed by atoms with Gasteiger partial charge in [-0.2, -0.15) is 0 Å². The summed E-state index contributed by atoms with van der Waals surface area (Å²) in [6.45, 7) is 12.6. The molecule has 34 heavy (non-hydrogen) atoms. The quantitative estimate of drug-likeness (QED) is 0.469. The van der Waals surface area contributed by atoms with E-state index in [0.717, 1.165) is 28.6 Å². The molecule has 1 N–H and O–H groups in total. The van der Waals surface area contributed by atoms with Crippen molar-refractivity contribution in [1.29, 1.82) is 0 Å². The zero-order valence-electron chi connectivity index (χ0n) is 21.2. The maximum absolute atomic E-state index is 13.2. The van der Waals surface area contributed by atoms with Gasteiger partial charge in [0.1, 0.15) is 17.0 Å².